The van der Waals surface area contributed by atoms with Gasteiger partial charge in [0, 0.05) is 32.7 Å². The lowest BCUT2D eigenvalue weighted by atomic mass is 10.1. The summed E-state index contributed by atoms with van der Waals surface area (Å²) in [5.74, 6) is 0.324. The second kappa shape index (κ2) is 10.2. The van der Waals surface area contributed by atoms with Crippen LogP contribution < -0.4 is 0 Å². The Morgan fingerprint density at radius 3 is 2.05 bits per heavy atom. The molecule has 7 heteroatoms. The number of para-hydroxylation sites is 1. The molecule has 4 aromatic carbocycles. The molecule has 0 radical (unpaired) electrons. The molecular weight excluding hydrogens is 524 g/mol. The van der Waals surface area contributed by atoms with Crippen molar-refractivity contribution in [2.24, 2.45) is 10.2 Å². The minimum Gasteiger partial charge on any atom is -0.240 e. The number of azo groups is 1. The van der Waals surface area contributed by atoms with E-state index in [4.69, 9.17) is 10.1 Å². The molecule has 0 aliphatic rings. The molecule has 0 fully saturated rings. The minimum atomic E-state index is 0.324. The van der Waals surface area contributed by atoms with E-state index in [-0.39, 0.29) is 0 Å². The Balaban J connectivity index is 1.37. The Morgan fingerprint density at radius 2 is 1.35 bits per heavy atom. The quantitative estimate of drug-likeness (QED) is 0.198. The highest BCUT2D eigenvalue weighted by atomic mass is 79.9. The lowest BCUT2D eigenvalue weighted by molar-refractivity contribution is 0.881. The lowest BCUT2D eigenvalue weighted by Gasteiger charge is -2.07. The van der Waals surface area contributed by atoms with Crippen LogP contribution in [0.3, 0.4) is 0 Å². The van der Waals surface area contributed by atoms with Crippen LogP contribution in [-0.4, -0.2) is 19.7 Å². The molecule has 0 aliphatic carbocycles. The molecule has 0 N–H and O–H groups in total. The number of aromatic nitrogens is 4. The third kappa shape index (κ3) is 4.94. The number of hydrogen-bond acceptors (Lipinski definition) is 5. The first kappa shape index (κ1) is 22.9. The van der Waals surface area contributed by atoms with Crippen LogP contribution in [0.25, 0.3) is 39.1 Å². The molecule has 0 spiro atoms. The van der Waals surface area contributed by atoms with Crippen molar-refractivity contribution < 1.29 is 0 Å². The average molecular weight is 545 g/mol. The van der Waals surface area contributed by atoms with Gasteiger partial charge in [0.2, 0.25) is 0 Å². The second-order valence-corrected chi connectivity index (χ2v) is 9.36. The van der Waals surface area contributed by atoms with Crippen molar-refractivity contribution in [2.75, 3.05) is 0 Å². The van der Waals surface area contributed by atoms with Crippen molar-refractivity contribution in [3.8, 4) is 28.2 Å². The molecule has 2 heterocycles. The zero-order valence-electron chi connectivity index (χ0n) is 19.7. The van der Waals surface area contributed by atoms with Crippen LogP contribution in [0.15, 0.2) is 130 Å². The van der Waals surface area contributed by atoms with Crippen molar-refractivity contribution in [1.82, 2.24) is 19.7 Å². The van der Waals surface area contributed by atoms with Crippen molar-refractivity contribution in [1.29, 1.82) is 0 Å². The number of rotatable bonds is 6. The Kier molecular flexibility index (Phi) is 6.35. The van der Waals surface area contributed by atoms with Gasteiger partial charge in [0.05, 0.1) is 29.1 Å². The Bertz CT molecular complexity index is 1700. The zero-order valence-corrected chi connectivity index (χ0v) is 21.3. The summed E-state index contributed by atoms with van der Waals surface area (Å²) in [6.07, 6.45) is 2.00. The first-order chi connectivity index (χ1) is 18.2. The van der Waals surface area contributed by atoms with Crippen LogP contribution in [0.5, 0.6) is 0 Å². The van der Waals surface area contributed by atoms with Gasteiger partial charge in [-0.2, -0.15) is 10.2 Å². The fraction of sp³-hybridized carbons (Fsp3) is 0.0333. The third-order valence-electron chi connectivity index (χ3n) is 5.95. The van der Waals surface area contributed by atoms with Crippen molar-refractivity contribution >= 4 is 32.8 Å². The van der Waals surface area contributed by atoms with E-state index in [0.29, 0.717) is 12.5 Å². The summed E-state index contributed by atoms with van der Waals surface area (Å²) < 4.78 is 2.85. The van der Waals surface area contributed by atoms with Crippen LogP contribution in [0.1, 0.15) is 5.56 Å². The van der Waals surface area contributed by atoms with E-state index in [1.807, 2.05) is 108 Å². The molecule has 0 bridgehead atoms. The summed E-state index contributed by atoms with van der Waals surface area (Å²) in [5, 5.41) is 14.7. The molecule has 0 aliphatic heterocycles. The average Bonchev–Trinajstić information content (AvgIpc) is 3.38. The number of nitrogens with zero attached hydrogens (tertiary/aromatic N) is 6. The fourth-order valence-corrected chi connectivity index (χ4v) is 4.56. The van der Waals surface area contributed by atoms with Crippen molar-refractivity contribution in [3.63, 3.8) is 0 Å². The molecule has 2 aromatic heterocycles. The van der Waals surface area contributed by atoms with Gasteiger partial charge in [0.1, 0.15) is 0 Å². The molecule has 6 nitrogen and oxygen atoms in total. The lowest BCUT2D eigenvalue weighted by Crippen LogP contribution is -1.93. The molecule has 0 amide bonds. The van der Waals surface area contributed by atoms with Crippen LogP contribution in [0, 0.1) is 0 Å². The highest BCUT2D eigenvalue weighted by Gasteiger charge is 2.13. The van der Waals surface area contributed by atoms with E-state index in [1.54, 1.807) is 0 Å². The SMILES string of the molecule is Brc1ccc2nc(N=NCc3cn(-c4ccccc4)nc3-c3ccccc3)nc(-c3ccccc3)c2c1. The summed E-state index contributed by atoms with van der Waals surface area (Å²) >= 11 is 3.56. The standard InChI is InChI=1S/C30H21BrN6/c31-24-16-17-27-26(18-24)29(22-12-6-2-7-13-22)34-30(33-27)35-32-19-23-20-37(25-14-8-3-9-15-25)36-28(23)21-10-4-1-5-11-21/h1-18,20H,19H2. The van der Waals surface area contributed by atoms with E-state index in [1.165, 1.54) is 0 Å². The normalized spacial score (nSPS) is 11.4. The van der Waals surface area contributed by atoms with Gasteiger partial charge in [-0.05, 0) is 30.3 Å². The highest BCUT2D eigenvalue weighted by Crippen LogP contribution is 2.30. The van der Waals surface area contributed by atoms with Crippen LogP contribution in [-0.2, 0) is 6.54 Å². The zero-order chi connectivity index (χ0) is 25.0. The summed E-state index contributed by atoms with van der Waals surface area (Å²) in [5.41, 5.74) is 6.49. The van der Waals surface area contributed by atoms with Crippen LogP contribution >= 0.6 is 15.9 Å². The summed E-state index contributed by atoms with van der Waals surface area (Å²) in [7, 11) is 0. The summed E-state index contributed by atoms with van der Waals surface area (Å²) in [6, 6.07) is 36.2. The van der Waals surface area contributed by atoms with Crippen LogP contribution in [0.2, 0.25) is 0 Å². The summed E-state index contributed by atoms with van der Waals surface area (Å²) in [6.45, 7) is 0.347. The predicted octanol–water partition coefficient (Wildman–Crippen LogP) is 8.20. The molecule has 0 saturated carbocycles. The van der Waals surface area contributed by atoms with Crippen molar-refractivity contribution in [2.45, 2.75) is 6.54 Å². The third-order valence-corrected chi connectivity index (χ3v) is 6.45. The molecule has 0 unspecified atom stereocenters. The van der Waals surface area contributed by atoms with Gasteiger partial charge >= 0.3 is 0 Å². The molecular formula is C30H21BrN6. The number of fused-ring (bicyclic) bond motifs is 1. The Hall–Kier alpha value is -4.49. The molecule has 37 heavy (non-hydrogen) atoms. The van der Waals surface area contributed by atoms with Gasteiger partial charge in [-0.3, -0.25) is 0 Å². The minimum absolute atomic E-state index is 0.324. The Morgan fingerprint density at radius 1 is 0.703 bits per heavy atom. The fourth-order valence-electron chi connectivity index (χ4n) is 4.20. The smallest absolute Gasteiger partial charge is 0.240 e. The van der Waals surface area contributed by atoms with Gasteiger partial charge in [-0.1, -0.05) is 94.8 Å². The van der Waals surface area contributed by atoms with Gasteiger partial charge in [-0.15, -0.1) is 5.11 Å². The van der Waals surface area contributed by atoms with Crippen LogP contribution in [0.4, 0.5) is 5.95 Å². The first-order valence-electron chi connectivity index (χ1n) is 11.8. The first-order valence-corrected chi connectivity index (χ1v) is 12.6. The molecule has 0 atom stereocenters. The molecule has 0 saturated heterocycles. The maximum absolute atomic E-state index is 4.86. The number of hydrogen-bond donors (Lipinski definition) is 0. The predicted molar refractivity (Wildman–Crippen MR) is 150 cm³/mol. The molecule has 178 valence electrons. The highest BCUT2D eigenvalue weighted by molar-refractivity contribution is 9.10. The Labute approximate surface area is 222 Å². The van der Waals surface area contributed by atoms with Gasteiger partial charge in [0.15, 0.2) is 0 Å². The van der Waals surface area contributed by atoms with E-state index in [0.717, 1.165) is 49.1 Å². The molecule has 6 rings (SSSR count). The maximum Gasteiger partial charge on any atom is 0.269 e. The van der Waals surface area contributed by atoms with E-state index in [9.17, 15) is 0 Å². The maximum atomic E-state index is 4.86. The van der Waals surface area contributed by atoms with E-state index in [2.05, 4.69) is 43.3 Å². The summed E-state index contributed by atoms with van der Waals surface area (Å²) in [4.78, 5) is 9.42. The largest absolute Gasteiger partial charge is 0.269 e. The van der Waals surface area contributed by atoms with E-state index < -0.39 is 0 Å². The second-order valence-electron chi connectivity index (χ2n) is 8.45. The molecule has 6 aromatic rings. The van der Waals surface area contributed by atoms with Crippen molar-refractivity contribution in [3.05, 3.63) is 125 Å². The number of halogens is 1. The van der Waals surface area contributed by atoms with Gasteiger partial charge < -0.3 is 0 Å². The van der Waals surface area contributed by atoms with Gasteiger partial charge in [0.25, 0.3) is 5.95 Å². The van der Waals surface area contributed by atoms with E-state index >= 15 is 0 Å². The topological polar surface area (TPSA) is 68.3 Å². The monoisotopic (exact) mass is 544 g/mol. The number of benzene rings is 4. The van der Waals surface area contributed by atoms with Gasteiger partial charge in [-0.25, -0.2) is 14.6 Å².